The molecular weight excluding hydrogens is 244 g/mol. The summed E-state index contributed by atoms with van der Waals surface area (Å²) in [5.41, 5.74) is -0.350. The van der Waals surface area contributed by atoms with E-state index in [9.17, 15) is 9.90 Å². The Bertz CT molecular complexity index is 549. The van der Waals surface area contributed by atoms with E-state index in [4.69, 9.17) is 0 Å². The zero-order valence-corrected chi connectivity index (χ0v) is 8.78. The molecule has 0 atom stereocenters. The maximum Gasteiger partial charge on any atom is 0.229 e. The van der Waals surface area contributed by atoms with E-state index in [2.05, 4.69) is 15.9 Å². The van der Waals surface area contributed by atoms with Crippen LogP contribution in [0.25, 0.3) is 10.8 Å². The number of benzene rings is 1. The Morgan fingerprint density at radius 3 is 2.57 bits per heavy atom. The Hall–Kier alpha value is -1.35. The minimum absolute atomic E-state index is 0.244. The van der Waals surface area contributed by atoms with Crippen LogP contribution in [0.2, 0.25) is 0 Å². The molecule has 0 bridgehead atoms. The smallest absolute Gasteiger partial charge is 0.229 e. The highest BCUT2D eigenvalue weighted by atomic mass is 79.9. The number of aromatic hydroxyl groups is 1. The van der Waals surface area contributed by atoms with Crippen molar-refractivity contribution < 1.29 is 5.11 Å². The van der Waals surface area contributed by atoms with Gasteiger partial charge in [-0.15, -0.1) is 0 Å². The van der Waals surface area contributed by atoms with Crippen molar-refractivity contribution in [2.45, 2.75) is 0 Å². The molecule has 14 heavy (non-hydrogen) atoms. The molecule has 0 radical (unpaired) electrons. The van der Waals surface area contributed by atoms with E-state index in [1.165, 1.54) is 0 Å². The van der Waals surface area contributed by atoms with Gasteiger partial charge in [0, 0.05) is 5.39 Å². The van der Waals surface area contributed by atoms with Crippen LogP contribution in [0.5, 0.6) is 5.75 Å². The molecule has 0 aliphatic carbocycles. The monoisotopic (exact) mass is 250 g/mol. The molecule has 0 fully saturated rings. The molecule has 0 aliphatic rings. The highest BCUT2D eigenvalue weighted by molar-refractivity contribution is 9.10. The fourth-order valence-electron chi connectivity index (χ4n) is 1.33. The SMILES string of the molecule is O=c1c(O)c(Br)ccc2ccccc12. The van der Waals surface area contributed by atoms with E-state index in [1.54, 1.807) is 24.3 Å². The first kappa shape index (κ1) is 9.21. The second-order valence-electron chi connectivity index (χ2n) is 2.95. The Kier molecular flexibility index (Phi) is 2.25. The van der Waals surface area contributed by atoms with Crippen LogP contribution >= 0.6 is 15.9 Å². The highest BCUT2D eigenvalue weighted by Gasteiger charge is 2.03. The van der Waals surface area contributed by atoms with Gasteiger partial charge >= 0.3 is 0 Å². The third-order valence-electron chi connectivity index (χ3n) is 2.06. The van der Waals surface area contributed by atoms with Gasteiger partial charge in [-0.25, -0.2) is 0 Å². The van der Waals surface area contributed by atoms with Gasteiger partial charge in [-0.1, -0.05) is 30.3 Å². The van der Waals surface area contributed by atoms with E-state index >= 15 is 0 Å². The predicted octanol–water partition coefficient (Wildman–Crippen LogP) is 2.67. The molecule has 0 aromatic heterocycles. The summed E-state index contributed by atoms with van der Waals surface area (Å²) in [7, 11) is 0. The number of fused-ring (bicyclic) bond motifs is 1. The number of rotatable bonds is 0. The van der Waals surface area contributed by atoms with Gasteiger partial charge in [-0.05, 0) is 27.4 Å². The van der Waals surface area contributed by atoms with Gasteiger partial charge < -0.3 is 5.11 Å². The maximum atomic E-state index is 11.7. The normalized spacial score (nSPS) is 10.4. The third-order valence-corrected chi connectivity index (χ3v) is 2.70. The Morgan fingerprint density at radius 2 is 1.79 bits per heavy atom. The molecule has 0 amide bonds. The van der Waals surface area contributed by atoms with Crippen molar-refractivity contribution in [2.24, 2.45) is 0 Å². The zero-order chi connectivity index (χ0) is 10.1. The van der Waals surface area contributed by atoms with Crippen LogP contribution in [-0.4, -0.2) is 5.11 Å². The maximum absolute atomic E-state index is 11.7. The molecule has 0 saturated carbocycles. The molecular formula is C11H7BrO2. The Labute approximate surface area is 88.9 Å². The summed E-state index contributed by atoms with van der Waals surface area (Å²) < 4.78 is 0.415. The molecule has 0 saturated heterocycles. The topological polar surface area (TPSA) is 37.3 Å². The second kappa shape index (κ2) is 3.42. The van der Waals surface area contributed by atoms with E-state index in [0.717, 1.165) is 5.39 Å². The van der Waals surface area contributed by atoms with Gasteiger partial charge in [0.1, 0.15) is 0 Å². The fourth-order valence-corrected chi connectivity index (χ4v) is 1.64. The van der Waals surface area contributed by atoms with Crippen molar-refractivity contribution >= 4 is 26.7 Å². The minimum atomic E-state index is -0.350. The quantitative estimate of drug-likeness (QED) is 0.781. The summed E-state index contributed by atoms with van der Waals surface area (Å²) in [6.45, 7) is 0. The Balaban J connectivity index is 3.08. The lowest BCUT2D eigenvalue weighted by Gasteiger charge is -1.89. The molecule has 0 heterocycles. The molecule has 0 unspecified atom stereocenters. The summed E-state index contributed by atoms with van der Waals surface area (Å²) in [5, 5.41) is 10.8. The lowest BCUT2D eigenvalue weighted by Crippen LogP contribution is -1.96. The zero-order valence-electron chi connectivity index (χ0n) is 7.20. The van der Waals surface area contributed by atoms with Gasteiger partial charge in [-0.2, -0.15) is 0 Å². The van der Waals surface area contributed by atoms with Crippen LogP contribution in [-0.2, 0) is 0 Å². The lowest BCUT2D eigenvalue weighted by atomic mass is 10.2. The largest absolute Gasteiger partial charge is 0.503 e. The van der Waals surface area contributed by atoms with E-state index in [-0.39, 0.29) is 11.2 Å². The molecule has 2 aromatic carbocycles. The number of hydrogen-bond donors (Lipinski definition) is 1. The van der Waals surface area contributed by atoms with Crippen molar-refractivity contribution in [1.29, 1.82) is 0 Å². The van der Waals surface area contributed by atoms with Crippen molar-refractivity contribution in [2.75, 3.05) is 0 Å². The molecule has 2 aromatic rings. The van der Waals surface area contributed by atoms with E-state index in [1.807, 2.05) is 12.1 Å². The molecule has 3 heteroatoms. The number of hydrogen-bond acceptors (Lipinski definition) is 2. The first-order valence-corrected chi connectivity index (χ1v) is 4.90. The molecule has 1 N–H and O–H groups in total. The molecule has 2 nitrogen and oxygen atoms in total. The van der Waals surface area contributed by atoms with Crippen molar-refractivity contribution in [3.05, 3.63) is 51.1 Å². The van der Waals surface area contributed by atoms with Crippen molar-refractivity contribution in [3.63, 3.8) is 0 Å². The van der Waals surface area contributed by atoms with Crippen LogP contribution in [0, 0.1) is 0 Å². The van der Waals surface area contributed by atoms with Crippen LogP contribution in [0.15, 0.2) is 45.7 Å². The fraction of sp³-hybridized carbons (Fsp3) is 0. The summed E-state index contributed by atoms with van der Waals surface area (Å²) in [5.74, 6) is -0.244. The van der Waals surface area contributed by atoms with Gasteiger partial charge in [0.15, 0.2) is 5.75 Å². The van der Waals surface area contributed by atoms with Gasteiger partial charge in [0.2, 0.25) is 5.43 Å². The molecule has 0 spiro atoms. The molecule has 2 rings (SSSR count). The van der Waals surface area contributed by atoms with Gasteiger partial charge in [0.25, 0.3) is 0 Å². The predicted molar refractivity (Wildman–Crippen MR) is 59.6 cm³/mol. The lowest BCUT2D eigenvalue weighted by molar-refractivity contribution is 0.468. The first-order valence-electron chi connectivity index (χ1n) is 4.10. The average molecular weight is 251 g/mol. The van der Waals surface area contributed by atoms with Crippen LogP contribution < -0.4 is 5.43 Å². The Morgan fingerprint density at radius 1 is 1.07 bits per heavy atom. The summed E-state index contributed by atoms with van der Waals surface area (Å²) >= 11 is 3.12. The summed E-state index contributed by atoms with van der Waals surface area (Å²) in [4.78, 5) is 11.7. The molecule has 70 valence electrons. The van der Waals surface area contributed by atoms with Gasteiger partial charge in [-0.3, -0.25) is 4.79 Å². The second-order valence-corrected chi connectivity index (χ2v) is 3.80. The highest BCUT2D eigenvalue weighted by Crippen LogP contribution is 2.20. The standard InChI is InChI=1S/C11H7BrO2/c12-9-6-5-7-3-1-2-4-8(7)10(13)11(9)14/h1-6H,(H,13,14). The van der Waals surface area contributed by atoms with Crippen LogP contribution in [0.4, 0.5) is 0 Å². The van der Waals surface area contributed by atoms with E-state index in [0.29, 0.717) is 9.86 Å². The van der Waals surface area contributed by atoms with Crippen LogP contribution in [0.3, 0.4) is 0 Å². The van der Waals surface area contributed by atoms with Crippen molar-refractivity contribution in [1.82, 2.24) is 0 Å². The molecule has 0 aliphatic heterocycles. The average Bonchev–Trinajstić information content (AvgIpc) is 2.32. The van der Waals surface area contributed by atoms with E-state index < -0.39 is 0 Å². The summed E-state index contributed by atoms with van der Waals surface area (Å²) in [6, 6.07) is 10.6. The number of halogens is 1. The van der Waals surface area contributed by atoms with Crippen molar-refractivity contribution in [3.8, 4) is 5.75 Å². The van der Waals surface area contributed by atoms with Gasteiger partial charge in [0.05, 0.1) is 4.47 Å². The van der Waals surface area contributed by atoms with Crippen LogP contribution in [0.1, 0.15) is 0 Å². The third kappa shape index (κ3) is 1.40. The first-order chi connectivity index (χ1) is 6.70. The summed E-state index contributed by atoms with van der Waals surface area (Å²) in [6.07, 6.45) is 0. The minimum Gasteiger partial charge on any atom is -0.503 e.